The number of amides is 1. The smallest absolute Gasteiger partial charge is 0.257 e. The lowest BCUT2D eigenvalue weighted by Crippen LogP contribution is -2.32. The molecule has 1 atom stereocenters. The molecule has 0 aliphatic heterocycles. The first-order valence-corrected chi connectivity index (χ1v) is 9.43. The summed E-state index contributed by atoms with van der Waals surface area (Å²) in [5, 5.41) is 3.33. The van der Waals surface area contributed by atoms with Gasteiger partial charge in [0.15, 0.2) is 11.5 Å². The van der Waals surface area contributed by atoms with Crippen molar-refractivity contribution in [1.29, 1.82) is 0 Å². The minimum atomic E-state index is -0.429. The van der Waals surface area contributed by atoms with Gasteiger partial charge in [-0.25, -0.2) is 4.98 Å². The Morgan fingerprint density at radius 2 is 1.90 bits per heavy atom. The van der Waals surface area contributed by atoms with Gasteiger partial charge in [0.05, 0.1) is 25.6 Å². The van der Waals surface area contributed by atoms with Crippen molar-refractivity contribution in [2.45, 2.75) is 33.4 Å². The summed E-state index contributed by atoms with van der Waals surface area (Å²) in [6.45, 7) is 6.26. The van der Waals surface area contributed by atoms with E-state index in [0.29, 0.717) is 29.1 Å². The van der Waals surface area contributed by atoms with Crippen LogP contribution in [0.4, 0.5) is 0 Å². The third-order valence-electron chi connectivity index (χ3n) is 4.90. The highest BCUT2D eigenvalue weighted by molar-refractivity contribution is 5.97. The van der Waals surface area contributed by atoms with Gasteiger partial charge in [0.1, 0.15) is 11.2 Å². The first-order valence-electron chi connectivity index (χ1n) is 9.43. The second-order valence-electron chi connectivity index (χ2n) is 6.79. The molecule has 0 radical (unpaired) electrons. The summed E-state index contributed by atoms with van der Waals surface area (Å²) in [6, 6.07) is 8.61. The molecule has 0 bridgehead atoms. The lowest BCUT2D eigenvalue weighted by molar-refractivity contribution is 0.0938. The molecule has 0 spiro atoms. The molecule has 29 heavy (non-hydrogen) atoms. The van der Waals surface area contributed by atoms with E-state index in [1.54, 1.807) is 44.7 Å². The average Bonchev–Trinajstić information content (AvgIpc) is 2.73. The normalized spacial score (nSPS) is 11.9. The van der Waals surface area contributed by atoms with E-state index in [1.807, 2.05) is 31.4 Å². The van der Waals surface area contributed by atoms with Crippen LogP contribution in [-0.4, -0.2) is 29.7 Å². The number of hydrogen-bond acceptors (Lipinski definition) is 5. The van der Waals surface area contributed by atoms with Crippen molar-refractivity contribution >= 4 is 16.9 Å². The second kappa shape index (κ2) is 8.34. The van der Waals surface area contributed by atoms with Crippen molar-refractivity contribution in [3.8, 4) is 11.5 Å². The number of benzene rings is 1. The van der Waals surface area contributed by atoms with E-state index >= 15 is 0 Å². The molecule has 1 aromatic carbocycles. The summed E-state index contributed by atoms with van der Waals surface area (Å²) in [4.78, 5) is 30.3. The average molecular weight is 395 g/mol. The number of rotatable bonds is 6. The van der Waals surface area contributed by atoms with Gasteiger partial charge in [0.25, 0.3) is 5.91 Å². The first kappa shape index (κ1) is 20.4. The van der Waals surface area contributed by atoms with Crippen LogP contribution in [0.5, 0.6) is 11.5 Å². The van der Waals surface area contributed by atoms with Crippen molar-refractivity contribution in [2.24, 2.45) is 0 Å². The van der Waals surface area contributed by atoms with E-state index in [-0.39, 0.29) is 17.0 Å². The molecule has 0 saturated heterocycles. The molecule has 0 fully saturated rings. The van der Waals surface area contributed by atoms with E-state index in [1.165, 1.54) is 0 Å². The zero-order valence-electron chi connectivity index (χ0n) is 17.3. The highest BCUT2D eigenvalue weighted by Gasteiger charge is 2.19. The van der Waals surface area contributed by atoms with Gasteiger partial charge in [-0.15, -0.1) is 0 Å². The predicted octanol–water partition coefficient (Wildman–Crippen LogP) is 3.23. The zero-order valence-corrected chi connectivity index (χ0v) is 17.3. The summed E-state index contributed by atoms with van der Waals surface area (Å²) >= 11 is 0. The molecule has 152 valence electrons. The number of nitrogens with one attached hydrogen (secondary N) is 1. The minimum Gasteiger partial charge on any atom is -0.493 e. The van der Waals surface area contributed by atoms with Crippen LogP contribution in [0.3, 0.4) is 0 Å². The van der Waals surface area contributed by atoms with Gasteiger partial charge in [-0.3, -0.25) is 9.59 Å². The van der Waals surface area contributed by atoms with Crippen LogP contribution in [0, 0.1) is 6.92 Å². The molecule has 1 unspecified atom stereocenters. The second-order valence-corrected chi connectivity index (χ2v) is 6.79. The van der Waals surface area contributed by atoms with Crippen LogP contribution in [-0.2, 0) is 6.54 Å². The Morgan fingerprint density at radius 3 is 2.55 bits per heavy atom. The zero-order chi connectivity index (χ0) is 21.1. The summed E-state index contributed by atoms with van der Waals surface area (Å²) in [5.74, 6) is 0.756. The number of aromatic nitrogens is 2. The molecule has 3 aromatic rings. The molecular weight excluding hydrogens is 370 g/mol. The van der Waals surface area contributed by atoms with E-state index in [0.717, 1.165) is 11.3 Å². The Labute approximate surface area is 169 Å². The van der Waals surface area contributed by atoms with Gasteiger partial charge in [-0.1, -0.05) is 6.07 Å². The lowest BCUT2D eigenvalue weighted by atomic mass is 10.1. The van der Waals surface area contributed by atoms with Crippen LogP contribution in [0.1, 0.15) is 41.5 Å². The summed E-state index contributed by atoms with van der Waals surface area (Å²) in [6.07, 6.45) is 1.58. The fourth-order valence-electron chi connectivity index (χ4n) is 3.24. The van der Waals surface area contributed by atoms with Crippen molar-refractivity contribution in [3.63, 3.8) is 0 Å². The number of carbonyl (C=O) groups excluding carboxylic acids is 1. The first-order chi connectivity index (χ1) is 13.9. The Morgan fingerprint density at radius 1 is 1.17 bits per heavy atom. The largest absolute Gasteiger partial charge is 0.493 e. The minimum absolute atomic E-state index is 0.0947. The Bertz CT molecular complexity index is 1120. The maximum atomic E-state index is 12.9. The molecule has 7 nitrogen and oxygen atoms in total. The maximum absolute atomic E-state index is 12.9. The summed E-state index contributed by atoms with van der Waals surface area (Å²) < 4.78 is 12.4. The topological polar surface area (TPSA) is 82.5 Å². The number of ether oxygens (including phenoxy) is 2. The number of carbonyl (C=O) groups is 1. The number of nitrogens with zero attached hydrogens (tertiary/aromatic N) is 2. The molecule has 0 aliphatic carbocycles. The van der Waals surface area contributed by atoms with E-state index in [9.17, 15) is 9.59 Å². The van der Waals surface area contributed by atoms with Crippen molar-refractivity contribution < 1.29 is 14.3 Å². The van der Waals surface area contributed by atoms with Gasteiger partial charge in [-0.05, 0) is 50.6 Å². The molecular formula is C22H25N3O4. The van der Waals surface area contributed by atoms with Gasteiger partial charge in [0.2, 0.25) is 5.43 Å². The molecule has 3 rings (SSSR count). The fourth-order valence-corrected chi connectivity index (χ4v) is 3.24. The van der Waals surface area contributed by atoms with Crippen LogP contribution >= 0.6 is 0 Å². The van der Waals surface area contributed by atoms with Crippen LogP contribution in [0.2, 0.25) is 0 Å². The molecule has 0 saturated carbocycles. The van der Waals surface area contributed by atoms with Gasteiger partial charge in [-0.2, -0.15) is 0 Å². The standard InChI is InChI=1S/C22H25N3O4/c1-6-25-12-17(20(26)16-9-7-13(2)23-21(16)25)22(27)24-14(3)15-8-10-18(28-4)19(11-15)29-5/h7-12,14H,6H2,1-5H3,(H,24,27). The molecule has 7 heteroatoms. The third-order valence-corrected chi connectivity index (χ3v) is 4.90. The quantitative estimate of drug-likeness (QED) is 0.693. The predicted molar refractivity (Wildman–Crippen MR) is 112 cm³/mol. The number of methoxy groups -OCH3 is 2. The Balaban J connectivity index is 1.95. The van der Waals surface area contributed by atoms with Gasteiger partial charge >= 0.3 is 0 Å². The number of aryl methyl sites for hydroxylation is 2. The van der Waals surface area contributed by atoms with Crippen molar-refractivity contribution in [2.75, 3.05) is 14.2 Å². The molecule has 1 amide bonds. The molecule has 0 aliphatic rings. The molecule has 2 aromatic heterocycles. The van der Waals surface area contributed by atoms with Crippen molar-refractivity contribution in [1.82, 2.24) is 14.9 Å². The highest BCUT2D eigenvalue weighted by atomic mass is 16.5. The number of fused-ring (bicyclic) bond motifs is 1. The third kappa shape index (κ3) is 3.94. The lowest BCUT2D eigenvalue weighted by Gasteiger charge is -2.17. The van der Waals surface area contributed by atoms with Crippen LogP contribution in [0.15, 0.2) is 41.3 Å². The van der Waals surface area contributed by atoms with E-state index in [4.69, 9.17) is 9.47 Å². The van der Waals surface area contributed by atoms with E-state index in [2.05, 4.69) is 10.3 Å². The fraction of sp³-hybridized carbons (Fsp3) is 0.318. The van der Waals surface area contributed by atoms with Gasteiger partial charge in [0, 0.05) is 18.4 Å². The van der Waals surface area contributed by atoms with Crippen LogP contribution < -0.4 is 20.2 Å². The highest BCUT2D eigenvalue weighted by Crippen LogP contribution is 2.30. The monoisotopic (exact) mass is 395 g/mol. The summed E-state index contributed by atoms with van der Waals surface area (Å²) in [5.41, 5.74) is 2.01. The summed E-state index contributed by atoms with van der Waals surface area (Å²) in [7, 11) is 3.13. The van der Waals surface area contributed by atoms with Crippen LogP contribution in [0.25, 0.3) is 11.0 Å². The molecule has 2 heterocycles. The Hall–Kier alpha value is -3.35. The molecule has 1 N–H and O–H groups in total. The SMILES string of the molecule is CCn1cc(C(=O)NC(C)c2ccc(OC)c(OC)c2)c(=O)c2ccc(C)nc21. The Kier molecular flexibility index (Phi) is 5.87. The van der Waals surface area contributed by atoms with Gasteiger partial charge < -0.3 is 19.4 Å². The van der Waals surface area contributed by atoms with Crippen molar-refractivity contribution in [3.05, 3.63) is 63.6 Å². The van der Waals surface area contributed by atoms with E-state index < -0.39 is 5.91 Å². The maximum Gasteiger partial charge on any atom is 0.257 e. The number of pyridine rings is 2. The number of hydrogen-bond donors (Lipinski definition) is 1.